The molecule has 0 unspecified atom stereocenters. The molecule has 0 fully saturated rings. The summed E-state index contributed by atoms with van der Waals surface area (Å²) in [7, 11) is 0. The van der Waals surface area contributed by atoms with Crippen molar-refractivity contribution in [1.29, 1.82) is 0 Å². The number of hydrogen-bond donors (Lipinski definition) is 0. The van der Waals surface area contributed by atoms with Gasteiger partial charge >= 0.3 is 0 Å². The van der Waals surface area contributed by atoms with E-state index in [0.717, 1.165) is 6.42 Å². The van der Waals surface area contributed by atoms with Crippen molar-refractivity contribution >= 4 is 11.6 Å². The first-order valence-corrected chi connectivity index (χ1v) is 4.60. The van der Waals surface area contributed by atoms with Gasteiger partial charge in [-0.3, -0.25) is 0 Å². The summed E-state index contributed by atoms with van der Waals surface area (Å²) < 4.78 is 0. The van der Waals surface area contributed by atoms with Gasteiger partial charge in [0.05, 0.1) is 0 Å². The molecule has 0 heterocycles. The van der Waals surface area contributed by atoms with E-state index in [4.69, 9.17) is 0 Å². The van der Waals surface area contributed by atoms with Crippen LogP contribution in [0.3, 0.4) is 0 Å². The Kier molecular flexibility index (Phi) is 3.07. The first kappa shape index (κ1) is 9.79. The van der Waals surface area contributed by atoms with Gasteiger partial charge in [-0.25, -0.2) is 0 Å². The van der Waals surface area contributed by atoms with Gasteiger partial charge in [-0.15, -0.1) is 0 Å². The summed E-state index contributed by atoms with van der Waals surface area (Å²) in [6.07, 6.45) is 2.89. The molecule has 0 aromatic heterocycles. The highest BCUT2D eigenvalue weighted by Crippen LogP contribution is 2.19. The van der Waals surface area contributed by atoms with Gasteiger partial charge in [-0.2, -0.15) is 0 Å². The second-order valence-corrected chi connectivity index (χ2v) is 3.23. The highest BCUT2D eigenvalue weighted by Gasteiger charge is 1.99. The van der Waals surface area contributed by atoms with Crippen LogP contribution in [-0.4, -0.2) is 0 Å². The summed E-state index contributed by atoms with van der Waals surface area (Å²) in [6.45, 7) is 12.0. The molecule has 0 radical (unpaired) electrons. The van der Waals surface area contributed by atoms with Crippen molar-refractivity contribution in [2.75, 3.05) is 0 Å². The van der Waals surface area contributed by atoms with Crippen LogP contribution in [0.2, 0.25) is 0 Å². The molecule has 1 aromatic rings. The molecule has 0 amide bonds. The molecule has 0 N–H and O–H groups in total. The van der Waals surface area contributed by atoms with Crippen LogP contribution >= 0.6 is 0 Å². The Labute approximate surface area is 80.6 Å². The van der Waals surface area contributed by atoms with E-state index in [1.807, 2.05) is 6.08 Å². The van der Waals surface area contributed by atoms with Crippen LogP contribution in [0, 0.1) is 6.92 Å². The maximum Gasteiger partial charge on any atom is -0.0224 e. The van der Waals surface area contributed by atoms with E-state index >= 15 is 0 Å². The van der Waals surface area contributed by atoms with Crippen molar-refractivity contribution in [3.05, 3.63) is 48.0 Å². The summed E-state index contributed by atoms with van der Waals surface area (Å²) >= 11 is 0. The zero-order valence-corrected chi connectivity index (χ0v) is 8.43. The SMILES string of the molecule is C=Cc1cc(C(=C)CC)ccc1C. The largest absolute Gasteiger partial charge is 0.0985 e. The van der Waals surface area contributed by atoms with Crippen molar-refractivity contribution in [3.63, 3.8) is 0 Å². The van der Waals surface area contributed by atoms with Gasteiger partial charge in [0.2, 0.25) is 0 Å². The number of aryl methyl sites for hydroxylation is 1. The average Bonchev–Trinajstić information content (AvgIpc) is 2.17. The Morgan fingerprint density at radius 2 is 2.15 bits per heavy atom. The van der Waals surface area contributed by atoms with E-state index in [9.17, 15) is 0 Å². The zero-order valence-electron chi connectivity index (χ0n) is 8.43. The van der Waals surface area contributed by atoms with Gasteiger partial charge in [0, 0.05) is 0 Å². The van der Waals surface area contributed by atoms with Crippen LogP contribution in [0.1, 0.15) is 30.0 Å². The lowest BCUT2D eigenvalue weighted by Gasteiger charge is -2.06. The molecule has 0 aliphatic carbocycles. The smallest absolute Gasteiger partial charge is 0.0224 e. The van der Waals surface area contributed by atoms with E-state index in [1.165, 1.54) is 22.3 Å². The lowest BCUT2D eigenvalue weighted by molar-refractivity contribution is 1.24. The van der Waals surface area contributed by atoms with E-state index in [2.05, 4.69) is 45.2 Å². The molecule has 0 aliphatic rings. The summed E-state index contributed by atoms with van der Waals surface area (Å²) in [5, 5.41) is 0. The standard InChI is InChI=1S/C13H16/c1-5-10(3)13-8-7-11(4)12(6-2)9-13/h6-9H,2-3,5H2,1,4H3. The minimum atomic E-state index is 1.000. The molecule has 0 atom stereocenters. The Balaban J connectivity index is 3.13. The minimum Gasteiger partial charge on any atom is -0.0985 e. The normalized spacial score (nSPS) is 9.69. The summed E-state index contributed by atoms with van der Waals surface area (Å²) in [5.74, 6) is 0. The second kappa shape index (κ2) is 4.08. The maximum atomic E-state index is 4.01. The third-order valence-electron chi connectivity index (χ3n) is 2.33. The topological polar surface area (TPSA) is 0 Å². The lowest BCUT2D eigenvalue weighted by atomic mass is 9.99. The second-order valence-electron chi connectivity index (χ2n) is 3.23. The van der Waals surface area contributed by atoms with Crippen LogP contribution in [0.15, 0.2) is 31.4 Å². The summed E-state index contributed by atoms with van der Waals surface area (Å²) in [4.78, 5) is 0. The molecule has 13 heavy (non-hydrogen) atoms. The van der Waals surface area contributed by atoms with Gasteiger partial charge < -0.3 is 0 Å². The molecular formula is C13H16. The van der Waals surface area contributed by atoms with Gasteiger partial charge in [0.15, 0.2) is 0 Å². The maximum absolute atomic E-state index is 4.01. The number of rotatable bonds is 3. The predicted molar refractivity (Wildman–Crippen MR) is 60.6 cm³/mol. The third kappa shape index (κ3) is 2.09. The first-order valence-electron chi connectivity index (χ1n) is 4.60. The molecule has 0 saturated carbocycles. The molecule has 1 aromatic carbocycles. The van der Waals surface area contributed by atoms with Crippen LogP contribution < -0.4 is 0 Å². The average molecular weight is 172 g/mol. The Morgan fingerprint density at radius 1 is 1.46 bits per heavy atom. The Bertz CT molecular complexity index is 332. The van der Waals surface area contributed by atoms with Crippen molar-refractivity contribution in [2.45, 2.75) is 20.3 Å². The fraction of sp³-hybridized carbons (Fsp3) is 0.231. The van der Waals surface area contributed by atoms with Crippen LogP contribution in [0.25, 0.3) is 11.6 Å². The number of hydrogen-bond acceptors (Lipinski definition) is 0. The first-order chi connectivity index (χ1) is 6.19. The van der Waals surface area contributed by atoms with Gasteiger partial charge in [0.25, 0.3) is 0 Å². The highest BCUT2D eigenvalue weighted by atomic mass is 14.0. The lowest BCUT2D eigenvalue weighted by Crippen LogP contribution is -1.85. The van der Waals surface area contributed by atoms with Crippen molar-refractivity contribution in [3.8, 4) is 0 Å². The molecule has 1 rings (SSSR count). The van der Waals surface area contributed by atoms with Gasteiger partial charge in [-0.1, -0.05) is 38.3 Å². The van der Waals surface area contributed by atoms with Gasteiger partial charge in [0.1, 0.15) is 0 Å². The molecule has 0 bridgehead atoms. The zero-order chi connectivity index (χ0) is 9.84. The van der Waals surface area contributed by atoms with Crippen molar-refractivity contribution < 1.29 is 0 Å². The quantitative estimate of drug-likeness (QED) is 0.645. The summed E-state index contributed by atoms with van der Waals surface area (Å²) in [6, 6.07) is 6.38. The molecular weight excluding hydrogens is 156 g/mol. The van der Waals surface area contributed by atoms with Crippen LogP contribution in [-0.2, 0) is 0 Å². The number of allylic oxidation sites excluding steroid dienone is 1. The molecule has 68 valence electrons. The molecule has 0 nitrogen and oxygen atoms in total. The molecule has 0 spiro atoms. The monoisotopic (exact) mass is 172 g/mol. The molecule has 0 aliphatic heterocycles. The predicted octanol–water partition coefficient (Wildman–Crippen LogP) is 4.06. The fourth-order valence-corrected chi connectivity index (χ4v) is 1.28. The van der Waals surface area contributed by atoms with E-state index in [0.29, 0.717) is 0 Å². The minimum absolute atomic E-state index is 1.000. The van der Waals surface area contributed by atoms with E-state index in [1.54, 1.807) is 0 Å². The third-order valence-corrected chi connectivity index (χ3v) is 2.33. The van der Waals surface area contributed by atoms with Gasteiger partial charge in [-0.05, 0) is 41.7 Å². The molecule has 0 heteroatoms. The summed E-state index contributed by atoms with van der Waals surface area (Å²) in [5.41, 5.74) is 4.88. The van der Waals surface area contributed by atoms with Crippen molar-refractivity contribution in [2.24, 2.45) is 0 Å². The van der Waals surface area contributed by atoms with E-state index < -0.39 is 0 Å². The molecule has 0 saturated heterocycles. The van der Waals surface area contributed by atoms with Crippen LogP contribution in [0.4, 0.5) is 0 Å². The van der Waals surface area contributed by atoms with E-state index in [-0.39, 0.29) is 0 Å². The Morgan fingerprint density at radius 3 is 2.69 bits per heavy atom. The highest BCUT2D eigenvalue weighted by molar-refractivity contribution is 5.67. The fourth-order valence-electron chi connectivity index (χ4n) is 1.28. The Hall–Kier alpha value is -1.30. The van der Waals surface area contributed by atoms with Crippen molar-refractivity contribution in [1.82, 2.24) is 0 Å². The van der Waals surface area contributed by atoms with Crippen LogP contribution in [0.5, 0.6) is 0 Å². The number of benzene rings is 1.